The molecular weight excluding hydrogens is 258 g/mol. The molecule has 96 valence electrons. The number of aromatic hydroxyl groups is 1. The Morgan fingerprint density at radius 1 is 0.900 bits per heavy atom. The molecule has 0 bridgehead atoms. The average molecular weight is 265 g/mol. The fourth-order valence-corrected chi connectivity index (χ4v) is 2.33. The Balaban J connectivity index is 2.41. The van der Waals surface area contributed by atoms with Crippen LogP contribution in [-0.2, 0) is 4.79 Å². The molecule has 20 heavy (non-hydrogen) atoms. The van der Waals surface area contributed by atoms with Crippen molar-refractivity contribution >= 4 is 23.3 Å². The molecule has 1 aliphatic carbocycles. The van der Waals surface area contributed by atoms with E-state index in [0.717, 1.165) is 0 Å². The Labute approximate surface area is 113 Å². The molecule has 0 fully saturated rings. The monoisotopic (exact) mass is 265 g/mol. The molecule has 0 saturated carbocycles. The van der Waals surface area contributed by atoms with Crippen LogP contribution in [0.1, 0.15) is 31.8 Å². The van der Waals surface area contributed by atoms with E-state index in [0.29, 0.717) is 0 Å². The van der Waals surface area contributed by atoms with E-state index in [1.807, 2.05) is 0 Å². The summed E-state index contributed by atoms with van der Waals surface area (Å²) in [6, 6.07) is 8.86. The number of ketones is 2. The molecule has 2 aromatic rings. The third-order valence-electron chi connectivity index (χ3n) is 3.20. The first-order chi connectivity index (χ1) is 9.65. The van der Waals surface area contributed by atoms with Gasteiger partial charge in [-0.3, -0.25) is 9.59 Å². The largest absolute Gasteiger partial charge is 0.507 e. The number of phenolic OH excluding ortho intramolecular Hbond substituents is 1. The molecule has 0 radical (unpaired) electrons. The fraction of sp³-hybridized carbons (Fsp3) is 0. The first-order valence-corrected chi connectivity index (χ1v) is 5.77. The van der Waals surface area contributed by atoms with Crippen molar-refractivity contribution in [1.29, 1.82) is 0 Å². The normalized spacial score (nSPS) is 12.4. The van der Waals surface area contributed by atoms with E-state index in [1.54, 1.807) is 12.1 Å². The zero-order valence-electron chi connectivity index (χ0n) is 10.1. The van der Waals surface area contributed by atoms with Gasteiger partial charge in [-0.15, -0.1) is 0 Å². The SMILES string of the molecule is O=C=Nc1ccc(O)c2c1C(=O)c1ccccc1C2=O. The van der Waals surface area contributed by atoms with Gasteiger partial charge >= 0.3 is 0 Å². The van der Waals surface area contributed by atoms with Crippen molar-refractivity contribution in [3.63, 3.8) is 0 Å². The smallest absolute Gasteiger partial charge is 0.240 e. The zero-order valence-corrected chi connectivity index (χ0v) is 10.1. The first kappa shape index (κ1) is 12.0. The highest BCUT2D eigenvalue weighted by atomic mass is 16.3. The van der Waals surface area contributed by atoms with Crippen LogP contribution in [0.4, 0.5) is 5.69 Å². The number of nitrogens with zero attached hydrogens (tertiary/aromatic N) is 1. The van der Waals surface area contributed by atoms with E-state index >= 15 is 0 Å². The molecule has 1 N–H and O–H groups in total. The Bertz CT molecular complexity index is 817. The van der Waals surface area contributed by atoms with Gasteiger partial charge in [0, 0.05) is 11.1 Å². The van der Waals surface area contributed by atoms with Gasteiger partial charge in [0.25, 0.3) is 0 Å². The van der Waals surface area contributed by atoms with Gasteiger partial charge < -0.3 is 5.11 Å². The number of hydrogen-bond acceptors (Lipinski definition) is 5. The summed E-state index contributed by atoms with van der Waals surface area (Å²) in [4.78, 5) is 38.7. The lowest BCUT2D eigenvalue weighted by molar-refractivity contribution is 0.0977. The van der Waals surface area contributed by atoms with Crippen LogP contribution < -0.4 is 0 Å². The van der Waals surface area contributed by atoms with Crippen molar-refractivity contribution in [2.75, 3.05) is 0 Å². The summed E-state index contributed by atoms with van der Waals surface area (Å²) in [6.45, 7) is 0. The second-order valence-electron chi connectivity index (χ2n) is 4.26. The summed E-state index contributed by atoms with van der Waals surface area (Å²) in [5, 5.41) is 9.85. The Morgan fingerprint density at radius 2 is 1.50 bits per heavy atom. The van der Waals surface area contributed by atoms with Gasteiger partial charge in [0.2, 0.25) is 6.08 Å². The molecule has 5 nitrogen and oxygen atoms in total. The van der Waals surface area contributed by atoms with E-state index in [1.165, 1.54) is 30.3 Å². The summed E-state index contributed by atoms with van der Waals surface area (Å²) in [7, 11) is 0. The molecule has 0 saturated heterocycles. The van der Waals surface area contributed by atoms with Crippen molar-refractivity contribution in [3.8, 4) is 5.75 Å². The second-order valence-corrected chi connectivity index (χ2v) is 4.26. The van der Waals surface area contributed by atoms with Crippen LogP contribution in [0, 0.1) is 0 Å². The third-order valence-corrected chi connectivity index (χ3v) is 3.20. The maximum atomic E-state index is 12.4. The number of hydrogen-bond donors (Lipinski definition) is 1. The molecule has 0 aromatic heterocycles. The van der Waals surface area contributed by atoms with Crippen molar-refractivity contribution in [2.24, 2.45) is 4.99 Å². The van der Waals surface area contributed by atoms with Gasteiger partial charge in [-0.05, 0) is 12.1 Å². The van der Waals surface area contributed by atoms with Gasteiger partial charge in [-0.2, -0.15) is 4.99 Å². The van der Waals surface area contributed by atoms with E-state index in [2.05, 4.69) is 4.99 Å². The second kappa shape index (κ2) is 4.26. The summed E-state index contributed by atoms with van der Waals surface area (Å²) < 4.78 is 0. The lowest BCUT2D eigenvalue weighted by atomic mass is 9.83. The zero-order chi connectivity index (χ0) is 14.3. The van der Waals surface area contributed by atoms with Crippen molar-refractivity contribution in [2.45, 2.75) is 0 Å². The maximum absolute atomic E-state index is 12.4. The van der Waals surface area contributed by atoms with Crippen LogP contribution in [0.5, 0.6) is 5.75 Å². The van der Waals surface area contributed by atoms with Gasteiger partial charge in [0.1, 0.15) is 5.75 Å². The first-order valence-electron chi connectivity index (χ1n) is 5.77. The van der Waals surface area contributed by atoms with Crippen LogP contribution >= 0.6 is 0 Å². The summed E-state index contributed by atoms with van der Waals surface area (Å²) in [5.74, 6) is -1.21. The minimum Gasteiger partial charge on any atom is -0.507 e. The lowest BCUT2D eigenvalue weighted by Gasteiger charge is -2.19. The van der Waals surface area contributed by atoms with Gasteiger partial charge in [0.15, 0.2) is 11.6 Å². The number of fused-ring (bicyclic) bond motifs is 2. The molecule has 0 spiro atoms. The standard InChI is InChI=1S/C15H7NO4/c17-7-16-10-5-6-11(18)13-12(10)14(19)8-3-1-2-4-9(8)15(13)20/h1-6,18H. The molecule has 2 aromatic carbocycles. The summed E-state index contributed by atoms with van der Waals surface area (Å²) in [5.41, 5.74) is 0.313. The van der Waals surface area contributed by atoms with Crippen LogP contribution in [0.25, 0.3) is 0 Å². The maximum Gasteiger partial charge on any atom is 0.240 e. The van der Waals surface area contributed by atoms with Crippen LogP contribution in [0.15, 0.2) is 41.4 Å². The van der Waals surface area contributed by atoms with Gasteiger partial charge in [-0.25, -0.2) is 4.79 Å². The topological polar surface area (TPSA) is 83.8 Å². The molecule has 0 atom stereocenters. The van der Waals surface area contributed by atoms with Crippen LogP contribution in [0.3, 0.4) is 0 Å². The highest BCUT2D eigenvalue weighted by Crippen LogP contribution is 2.37. The Hall–Kier alpha value is -3.04. The number of benzene rings is 2. The summed E-state index contributed by atoms with van der Waals surface area (Å²) in [6.07, 6.45) is 1.34. The predicted octanol–water partition coefficient (Wildman–Crippen LogP) is 2.13. The molecule has 1 aliphatic rings. The van der Waals surface area contributed by atoms with Gasteiger partial charge in [-0.1, -0.05) is 24.3 Å². The van der Waals surface area contributed by atoms with Crippen molar-refractivity contribution in [1.82, 2.24) is 0 Å². The van der Waals surface area contributed by atoms with Gasteiger partial charge in [0.05, 0.1) is 16.8 Å². The lowest BCUT2D eigenvalue weighted by Crippen LogP contribution is -2.21. The molecule has 3 rings (SSSR count). The highest BCUT2D eigenvalue weighted by Gasteiger charge is 2.33. The number of carbonyl (C=O) groups excluding carboxylic acids is 3. The quantitative estimate of drug-likeness (QED) is 0.539. The molecule has 0 heterocycles. The van der Waals surface area contributed by atoms with E-state index < -0.39 is 11.6 Å². The minimum absolute atomic E-state index is 0.0284. The number of carbonyl (C=O) groups is 2. The number of phenols is 1. The summed E-state index contributed by atoms with van der Waals surface area (Å²) >= 11 is 0. The highest BCUT2D eigenvalue weighted by molar-refractivity contribution is 6.30. The Kier molecular flexibility index (Phi) is 2.56. The molecule has 0 unspecified atom stereocenters. The predicted molar refractivity (Wildman–Crippen MR) is 69.2 cm³/mol. The van der Waals surface area contributed by atoms with Crippen molar-refractivity contribution < 1.29 is 19.5 Å². The number of rotatable bonds is 1. The molecule has 0 aliphatic heterocycles. The Morgan fingerprint density at radius 3 is 2.10 bits per heavy atom. The number of isocyanates is 1. The van der Waals surface area contributed by atoms with E-state index in [9.17, 15) is 19.5 Å². The molecule has 5 heteroatoms. The minimum atomic E-state index is -0.462. The number of aliphatic imine (C=N–C) groups is 1. The van der Waals surface area contributed by atoms with Crippen LogP contribution in [0.2, 0.25) is 0 Å². The van der Waals surface area contributed by atoms with Crippen molar-refractivity contribution in [3.05, 3.63) is 58.7 Å². The van der Waals surface area contributed by atoms with E-state index in [4.69, 9.17) is 0 Å². The third kappa shape index (κ3) is 1.51. The average Bonchev–Trinajstić information content (AvgIpc) is 2.47. The molecular formula is C15H7NO4. The molecule has 0 amide bonds. The fourth-order valence-electron chi connectivity index (χ4n) is 2.33. The van der Waals surface area contributed by atoms with E-state index in [-0.39, 0.29) is 33.7 Å². The van der Waals surface area contributed by atoms with Crippen LogP contribution in [-0.4, -0.2) is 22.8 Å².